The fourth-order valence-electron chi connectivity index (χ4n) is 7.59. The molecule has 4 saturated heterocycles. The number of nitrogens with zero attached hydrogens (tertiary/aromatic N) is 3. The van der Waals surface area contributed by atoms with Gasteiger partial charge in [0, 0.05) is 38.0 Å². The van der Waals surface area contributed by atoms with E-state index in [-0.39, 0.29) is 41.5 Å². The number of carbonyl (C=O) groups is 3. The summed E-state index contributed by atoms with van der Waals surface area (Å²) in [4.78, 5) is 48.6. The van der Waals surface area contributed by atoms with Crippen molar-refractivity contribution < 1.29 is 29.0 Å². The highest BCUT2D eigenvalue weighted by molar-refractivity contribution is 8.02. The molecule has 4 aliphatic heterocycles. The first-order valence-corrected chi connectivity index (χ1v) is 16.7. The normalized spacial score (nSPS) is 31.3. The largest absolute Gasteiger partial charge is 0.465 e. The SMILES string of the molecule is C=CCCCCOC(=O)[C@@H]1[C@@H]2CC(C)C3(S2)C(C(=O)N(CC=C)CCN2CCOCC2)N([C@@H](CO)CC(C)C)C(=O)[C@H]13. The Morgan fingerprint density at radius 2 is 1.98 bits per heavy atom. The first kappa shape index (κ1) is 33.0. The van der Waals surface area contributed by atoms with Crippen LogP contribution in [0.4, 0.5) is 0 Å². The van der Waals surface area contributed by atoms with Crippen molar-refractivity contribution in [1.82, 2.24) is 14.7 Å². The van der Waals surface area contributed by atoms with Crippen molar-refractivity contribution in [3.8, 4) is 0 Å². The number of aliphatic hydroxyl groups is 1. The maximum atomic E-state index is 14.7. The molecule has 236 valence electrons. The highest BCUT2D eigenvalue weighted by Crippen LogP contribution is 2.69. The zero-order valence-electron chi connectivity index (χ0n) is 25.7. The summed E-state index contributed by atoms with van der Waals surface area (Å²) in [6, 6.07) is -1.26. The monoisotopic (exact) mass is 605 g/mol. The number of fused-ring (bicyclic) bond motifs is 1. The minimum absolute atomic E-state index is 0.0558. The quantitative estimate of drug-likeness (QED) is 0.163. The molecule has 0 saturated carbocycles. The van der Waals surface area contributed by atoms with Gasteiger partial charge in [0.1, 0.15) is 6.04 Å². The van der Waals surface area contributed by atoms with E-state index in [2.05, 4.69) is 38.8 Å². The average Bonchev–Trinajstić information content (AvgIpc) is 3.57. The van der Waals surface area contributed by atoms with Gasteiger partial charge in [-0.1, -0.05) is 32.9 Å². The van der Waals surface area contributed by atoms with Gasteiger partial charge in [0.15, 0.2) is 0 Å². The third-order valence-corrected chi connectivity index (χ3v) is 11.6. The molecule has 7 atom stereocenters. The summed E-state index contributed by atoms with van der Waals surface area (Å²) < 4.78 is 10.5. The lowest BCUT2D eigenvalue weighted by Gasteiger charge is -2.42. The number of likely N-dealkylation sites (tertiary alicyclic amines) is 1. The van der Waals surface area contributed by atoms with Gasteiger partial charge in [-0.25, -0.2) is 0 Å². The van der Waals surface area contributed by atoms with Crippen LogP contribution in [0.1, 0.15) is 52.9 Å². The second-order valence-corrected chi connectivity index (χ2v) is 14.3. The molecular formula is C32H51N3O6S. The summed E-state index contributed by atoms with van der Waals surface area (Å²) in [5.74, 6) is -1.58. The molecule has 3 unspecified atom stereocenters. The molecule has 4 aliphatic rings. The Labute approximate surface area is 256 Å². The van der Waals surface area contributed by atoms with Gasteiger partial charge < -0.3 is 24.4 Å². The second kappa shape index (κ2) is 14.7. The summed E-state index contributed by atoms with van der Waals surface area (Å²) in [7, 11) is 0. The van der Waals surface area contributed by atoms with Crippen LogP contribution in [-0.4, -0.2) is 119 Å². The number of morpholine rings is 1. The fourth-order valence-corrected chi connectivity index (χ4v) is 9.98. The number of thioether (sulfide) groups is 1. The molecule has 2 amide bonds. The standard InChI is InChI=1S/C32H51N3O6S/c1-6-8-9-10-16-41-31(39)26-25-20-23(5)32(42-25)27(26)29(37)35(24(21-36)19-22(3)4)28(32)30(38)34(11-7-2)13-12-33-14-17-40-18-15-33/h6-7,22-28,36H,1-2,8-21H2,3-5H3/t23?,24-,25+,26-,27+,28?,32?/m1/s1. The van der Waals surface area contributed by atoms with E-state index in [0.717, 1.165) is 38.8 Å². The van der Waals surface area contributed by atoms with Gasteiger partial charge in [0.25, 0.3) is 0 Å². The van der Waals surface area contributed by atoms with Crippen molar-refractivity contribution in [3.63, 3.8) is 0 Å². The lowest BCUT2D eigenvalue weighted by Crippen LogP contribution is -2.60. The Bertz CT molecular complexity index is 987. The highest BCUT2D eigenvalue weighted by atomic mass is 32.2. The van der Waals surface area contributed by atoms with Crippen LogP contribution in [0.25, 0.3) is 0 Å². The summed E-state index contributed by atoms with van der Waals surface area (Å²) in [5.41, 5.74) is 0. The number of carbonyl (C=O) groups excluding carboxylic acids is 3. The van der Waals surface area contributed by atoms with Crippen LogP contribution in [-0.2, 0) is 23.9 Å². The molecule has 10 heteroatoms. The van der Waals surface area contributed by atoms with Crippen molar-refractivity contribution in [3.05, 3.63) is 25.3 Å². The number of amides is 2. The summed E-state index contributed by atoms with van der Waals surface area (Å²) >= 11 is 1.66. The Morgan fingerprint density at radius 3 is 2.62 bits per heavy atom. The molecule has 0 aromatic carbocycles. The first-order valence-electron chi connectivity index (χ1n) is 15.8. The molecule has 0 radical (unpaired) electrons. The van der Waals surface area contributed by atoms with Crippen LogP contribution in [0, 0.1) is 23.7 Å². The van der Waals surface area contributed by atoms with E-state index in [4.69, 9.17) is 9.47 Å². The van der Waals surface area contributed by atoms with Crippen LogP contribution >= 0.6 is 11.8 Å². The summed E-state index contributed by atoms with van der Waals surface area (Å²) in [6.45, 7) is 18.6. The predicted molar refractivity (Wildman–Crippen MR) is 165 cm³/mol. The van der Waals surface area contributed by atoms with Gasteiger partial charge in [-0.15, -0.1) is 24.9 Å². The zero-order chi connectivity index (χ0) is 30.4. The van der Waals surface area contributed by atoms with Gasteiger partial charge in [-0.05, 0) is 43.9 Å². The molecule has 2 bridgehead atoms. The number of esters is 1. The Morgan fingerprint density at radius 1 is 1.24 bits per heavy atom. The number of rotatable bonds is 16. The number of allylic oxidation sites excluding steroid dienone is 1. The molecule has 4 fully saturated rings. The summed E-state index contributed by atoms with van der Waals surface area (Å²) in [6.07, 6.45) is 7.43. The van der Waals surface area contributed by atoms with Crippen LogP contribution < -0.4 is 0 Å². The number of hydrogen-bond donors (Lipinski definition) is 1. The van der Waals surface area contributed by atoms with Crippen molar-refractivity contribution in [2.24, 2.45) is 23.7 Å². The minimum Gasteiger partial charge on any atom is -0.465 e. The third kappa shape index (κ3) is 6.47. The molecule has 1 N–H and O–H groups in total. The van der Waals surface area contributed by atoms with E-state index in [1.165, 1.54) is 0 Å². The Hall–Kier alpha value is -1.88. The number of ether oxygens (including phenoxy) is 2. The zero-order valence-corrected chi connectivity index (χ0v) is 26.6. The van der Waals surface area contributed by atoms with Gasteiger partial charge >= 0.3 is 5.97 Å². The lowest BCUT2D eigenvalue weighted by atomic mass is 9.66. The van der Waals surface area contributed by atoms with Crippen molar-refractivity contribution in [2.45, 2.75) is 75.0 Å². The van der Waals surface area contributed by atoms with Gasteiger partial charge in [-0.2, -0.15) is 0 Å². The van der Waals surface area contributed by atoms with Gasteiger partial charge in [-0.3, -0.25) is 19.3 Å². The van der Waals surface area contributed by atoms with Crippen LogP contribution in [0.3, 0.4) is 0 Å². The van der Waals surface area contributed by atoms with E-state index in [9.17, 15) is 19.5 Å². The molecule has 42 heavy (non-hydrogen) atoms. The Balaban J connectivity index is 1.65. The Kier molecular flexibility index (Phi) is 11.6. The molecule has 0 aliphatic carbocycles. The third-order valence-electron chi connectivity index (χ3n) is 9.54. The molecule has 4 rings (SSSR count). The average molecular weight is 606 g/mol. The lowest BCUT2D eigenvalue weighted by molar-refractivity contribution is -0.155. The molecular weight excluding hydrogens is 554 g/mol. The summed E-state index contributed by atoms with van der Waals surface area (Å²) in [5, 5.41) is 10.5. The van der Waals surface area contributed by atoms with E-state index >= 15 is 0 Å². The fraction of sp³-hybridized carbons (Fsp3) is 0.781. The van der Waals surface area contributed by atoms with Crippen molar-refractivity contribution in [2.75, 3.05) is 59.2 Å². The topological polar surface area (TPSA) is 99.6 Å². The molecule has 0 aromatic rings. The van der Waals surface area contributed by atoms with Gasteiger partial charge in [0.05, 0.1) is 49.1 Å². The maximum absolute atomic E-state index is 14.7. The first-order chi connectivity index (χ1) is 20.2. The van der Waals surface area contributed by atoms with Crippen molar-refractivity contribution in [1.29, 1.82) is 0 Å². The molecule has 4 heterocycles. The van der Waals surface area contributed by atoms with Crippen molar-refractivity contribution >= 4 is 29.5 Å². The highest BCUT2D eigenvalue weighted by Gasteiger charge is 2.77. The van der Waals surface area contributed by atoms with Crippen LogP contribution in [0.15, 0.2) is 25.3 Å². The molecule has 1 spiro atoms. The molecule has 0 aromatic heterocycles. The van der Waals surface area contributed by atoms with E-state index < -0.39 is 28.7 Å². The minimum atomic E-state index is -0.758. The number of unbranched alkanes of at least 4 members (excludes halogenated alkanes) is 2. The van der Waals surface area contributed by atoms with Crippen LogP contribution in [0.2, 0.25) is 0 Å². The molecule has 9 nitrogen and oxygen atoms in total. The van der Waals surface area contributed by atoms with E-state index in [1.807, 2.05) is 11.0 Å². The maximum Gasteiger partial charge on any atom is 0.310 e. The number of hydrogen-bond acceptors (Lipinski definition) is 8. The van der Waals surface area contributed by atoms with E-state index in [0.29, 0.717) is 45.9 Å². The predicted octanol–water partition coefficient (Wildman–Crippen LogP) is 2.98. The second-order valence-electron chi connectivity index (χ2n) is 12.7. The number of aliphatic hydroxyl groups excluding tert-OH is 1. The van der Waals surface area contributed by atoms with Crippen LogP contribution in [0.5, 0.6) is 0 Å². The smallest absolute Gasteiger partial charge is 0.310 e. The van der Waals surface area contributed by atoms with Gasteiger partial charge in [0.2, 0.25) is 11.8 Å². The van der Waals surface area contributed by atoms with E-state index in [1.54, 1.807) is 22.7 Å².